The van der Waals surface area contributed by atoms with Gasteiger partial charge in [0.2, 0.25) is 10.0 Å². The lowest BCUT2D eigenvalue weighted by Gasteiger charge is -2.17. The van der Waals surface area contributed by atoms with Gasteiger partial charge in [-0.2, -0.15) is 5.10 Å². The Morgan fingerprint density at radius 1 is 1.43 bits per heavy atom. The van der Waals surface area contributed by atoms with Crippen molar-refractivity contribution in [3.63, 3.8) is 0 Å². The molecule has 1 saturated heterocycles. The van der Waals surface area contributed by atoms with Gasteiger partial charge in [0.1, 0.15) is 0 Å². The van der Waals surface area contributed by atoms with Crippen molar-refractivity contribution in [2.75, 3.05) is 18.8 Å². The van der Waals surface area contributed by atoms with Crippen LogP contribution in [0.2, 0.25) is 0 Å². The number of likely N-dealkylation sites (tertiary alicyclic amines) is 1. The molecule has 1 aromatic rings. The van der Waals surface area contributed by atoms with E-state index >= 15 is 0 Å². The molecule has 9 heteroatoms. The van der Waals surface area contributed by atoms with Crippen LogP contribution in [0.25, 0.3) is 0 Å². The third-order valence-corrected chi connectivity index (χ3v) is 5.22. The molecule has 2 rings (SSSR count). The van der Waals surface area contributed by atoms with Crippen LogP contribution in [-0.2, 0) is 23.1 Å². The number of nitrogens with zero attached hydrogens (tertiary/aromatic N) is 3. The second-order valence-corrected chi connectivity index (χ2v) is 7.71. The van der Waals surface area contributed by atoms with Gasteiger partial charge in [-0.3, -0.25) is 4.68 Å². The minimum Gasteiger partial charge on any atom is -0.334 e. The van der Waals surface area contributed by atoms with Gasteiger partial charge in [-0.05, 0) is 33.1 Å². The Morgan fingerprint density at radius 3 is 2.70 bits per heavy atom. The number of primary sulfonamides is 1. The molecule has 0 radical (unpaired) electrons. The molecule has 1 aliphatic rings. The molecule has 1 aliphatic heterocycles. The van der Waals surface area contributed by atoms with Crippen molar-refractivity contribution < 1.29 is 13.2 Å². The standard InChI is InChI=1S/C14H25N5O3S/c1-4-19-11(3)13(10(2)17-19)7-16-14(20)18-6-5-12(8-18)9-23(15,21)22/h12H,4-9H2,1-3H3,(H,16,20)(H2,15,21,22)/t12-/m0/s1. The largest absolute Gasteiger partial charge is 0.334 e. The van der Waals surface area contributed by atoms with Crippen molar-refractivity contribution in [1.29, 1.82) is 0 Å². The van der Waals surface area contributed by atoms with Crippen molar-refractivity contribution in [2.45, 2.75) is 40.3 Å². The number of sulfonamides is 1. The Labute approximate surface area is 137 Å². The van der Waals surface area contributed by atoms with E-state index in [0.717, 1.165) is 23.5 Å². The maximum absolute atomic E-state index is 12.2. The molecule has 8 nitrogen and oxygen atoms in total. The second-order valence-electron chi connectivity index (χ2n) is 6.05. The number of aromatic nitrogens is 2. The predicted octanol–water partition coefficient (Wildman–Crippen LogP) is 0.340. The molecule has 0 spiro atoms. The van der Waals surface area contributed by atoms with E-state index in [0.29, 0.717) is 26.1 Å². The lowest BCUT2D eigenvalue weighted by Crippen LogP contribution is -2.38. The van der Waals surface area contributed by atoms with Gasteiger partial charge in [-0.25, -0.2) is 18.4 Å². The highest BCUT2D eigenvalue weighted by Crippen LogP contribution is 2.18. The zero-order valence-electron chi connectivity index (χ0n) is 13.9. The fourth-order valence-corrected chi connectivity index (χ4v) is 3.98. The fraction of sp³-hybridized carbons (Fsp3) is 0.714. The van der Waals surface area contributed by atoms with Crippen molar-refractivity contribution >= 4 is 16.1 Å². The molecule has 0 unspecified atom stereocenters. The van der Waals surface area contributed by atoms with Crippen LogP contribution in [0, 0.1) is 19.8 Å². The Kier molecular flexibility index (Phi) is 5.30. The Balaban J connectivity index is 1.90. The summed E-state index contributed by atoms with van der Waals surface area (Å²) in [5, 5.41) is 12.4. The summed E-state index contributed by atoms with van der Waals surface area (Å²) in [4.78, 5) is 13.9. The van der Waals surface area contributed by atoms with Crippen LogP contribution in [0.1, 0.15) is 30.3 Å². The summed E-state index contributed by atoms with van der Waals surface area (Å²) in [6.45, 7) is 8.14. The number of amides is 2. The number of hydrogen-bond acceptors (Lipinski definition) is 4. The minimum absolute atomic E-state index is 0.0712. The molecule has 1 atom stereocenters. The molecular weight excluding hydrogens is 318 g/mol. The second kappa shape index (κ2) is 6.88. The zero-order valence-corrected chi connectivity index (χ0v) is 14.7. The maximum atomic E-state index is 12.2. The first-order chi connectivity index (χ1) is 10.7. The highest BCUT2D eigenvalue weighted by Gasteiger charge is 2.28. The molecule has 0 aromatic carbocycles. The molecule has 0 aliphatic carbocycles. The average molecular weight is 343 g/mol. The molecule has 1 aromatic heterocycles. The summed E-state index contributed by atoms with van der Waals surface area (Å²) in [7, 11) is -3.49. The van der Waals surface area contributed by atoms with Crippen molar-refractivity contribution in [3.05, 3.63) is 17.0 Å². The molecular formula is C14H25N5O3S. The number of carbonyl (C=O) groups excluding carboxylic acids is 1. The van der Waals surface area contributed by atoms with Gasteiger partial charge in [0.05, 0.1) is 11.4 Å². The Bertz CT molecular complexity index is 683. The number of carbonyl (C=O) groups is 1. The summed E-state index contributed by atoms with van der Waals surface area (Å²) in [5.74, 6) is -0.153. The van der Waals surface area contributed by atoms with Crippen molar-refractivity contribution in [2.24, 2.45) is 11.1 Å². The highest BCUT2D eigenvalue weighted by atomic mass is 32.2. The summed E-state index contributed by atoms with van der Waals surface area (Å²) >= 11 is 0. The van der Waals surface area contributed by atoms with Crippen LogP contribution in [0.4, 0.5) is 4.79 Å². The topological polar surface area (TPSA) is 110 Å². The van der Waals surface area contributed by atoms with E-state index in [1.165, 1.54) is 0 Å². The quantitative estimate of drug-likeness (QED) is 0.803. The molecule has 2 heterocycles. The van der Waals surface area contributed by atoms with Gasteiger partial charge in [0.25, 0.3) is 0 Å². The number of urea groups is 1. The van der Waals surface area contributed by atoms with E-state index in [1.54, 1.807) is 4.90 Å². The smallest absolute Gasteiger partial charge is 0.317 e. The average Bonchev–Trinajstić information content (AvgIpc) is 3.00. The number of hydrogen-bond donors (Lipinski definition) is 2. The third kappa shape index (κ3) is 4.44. The first-order valence-corrected chi connectivity index (χ1v) is 9.49. The first-order valence-electron chi connectivity index (χ1n) is 7.77. The normalized spacial score (nSPS) is 18.4. The van der Waals surface area contributed by atoms with E-state index in [4.69, 9.17) is 5.14 Å². The lowest BCUT2D eigenvalue weighted by molar-refractivity contribution is 0.207. The molecule has 0 bridgehead atoms. The lowest BCUT2D eigenvalue weighted by atomic mass is 10.2. The molecule has 130 valence electrons. The van der Waals surface area contributed by atoms with Gasteiger partial charge in [0, 0.05) is 37.4 Å². The highest BCUT2D eigenvalue weighted by molar-refractivity contribution is 7.89. The summed E-state index contributed by atoms with van der Waals surface area (Å²) in [6.07, 6.45) is 0.662. The van der Waals surface area contributed by atoms with Crippen molar-refractivity contribution in [1.82, 2.24) is 20.0 Å². The fourth-order valence-electron chi connectivity index (χ4n) is 3.06. The molecule has 0 saturated carbocycles. The van der Waals surface area contributed by atoms with E-state index in [1.807, 2.05) is 25.5 Å². The van der Waals surface area contributed by atoms with E-state index < -0.39 is 10.0 Å². The molecule has 2 amide bonds. The molecule has 3 N–H and O–H groups in total. The zero-order chi connectivity index (χ0) is 17.2. The van der Waals surface area contributed by atoms with Crippen LogP contribution in [0.3, 0.4) is 0 Å². The number of nitrogens with two attached hydrogens (primary N) is 1. The molecule has 1 fully saturated rings. The number of aryl methyl sites for hydroxylation is 2. The van der Waals surface area contributed by atoms with Gasteiger partial charge >= 0.3 is 6.03 Å². The SMILES string of the molecule is CCn1nc(C)c(CNC(=O)N2CC[C@H](CS(N)(=O)=O)C2)c1C. The van der Waals surface area contributed by atoms with E-state index in [9.17, 15) is 13.2 Å². The van der Waals surface area contributed by atoms with Gasteiger partial charge in [-0.1, -0.05) is 0 Å². The van der Waals surface area contributed by atoms with Crippen LogP contribution in [-0.4, -0.2) is 48.0 Å². The van der Waals surface area contributed by atoms with Crippen LogP contribution in [0.5, 0.6) is 0 Å². The third-order valence-electron chi connectivity index (χ3n) is 4.29. The summed E-state index contributed by atoms with van der Waals surface area (Å²) < 4.78 is 24.2. The Morgan fingerprint density at radius 2 is 2.13 bits per heavy atom. The van der Waals surface area contributed by atoms with Gasteiger partial charge in [-0.15, -0.1) is 0 Å². The van der Waals surface area contributed by atoms with Gasteiger partial charge < -0.3 is 10.2 Å². The van der Waals surface area contributed by atoms with E-state index in [-0.39, 0.29) is 17.7 Å². The minimum atomic E-state index is -3.49. The first kappa shape index (κ1) is 17.7. The predicted molar refractivity (Wildman–Crippen MR) is 87.3 cm³/mol. The van der Waals surface area contributed by atoms with Crippen LogP contribution >= 0.6 is 0 Å². The summed E-state index contributed by atoms with van der Waals surface area (Å²) in [5.41, 5.74) is 3.00. The van der Waals surface area contributed by atoms with E-state index in [2.05, 4.69) is 10.4 Å². The molecule has 23 heavy (non-hydrogen) atoms. The number of nitrogens with one attached hydrogen (secondary N) is 1. The monoisotopic (exact) mass is 343 g/mol. The van der Waals surface area contributed by atoms with Crippen LogP contribution in [0.15, 0.2) is 0 Å². The van der Waals surface area contributed by atoms with Crippen molar-refractivity contribution in [3.8, 4) is 0 Å². The number of rotatable bonds is 5. The Hall–Kier alpha value is -1.61. The maximum Gasteiger partial charge on any atom is 0.317 e. The van der Waals surface area contributed by atoms with Gasteiger partial charge in [0.15, 0.2) is 0 Å². The summed E-state index contributed by atoms with van der Waals surface area (Å²) in [6, 6.07) is -0.176. The van der Waals surface area contributed by atoms with Crippen LogP contribution < -0.4 is 10.5 Å².